The summed E-state index contributed by atoms with van der Waals surface area (Å²) in [6, 6.07) is 15.4. The standard InChI is InChI=1S/C21H18ClN5O3/c22-15-9-3-2-8-14(15)20(29)23-18-12-16(24-25-18)21(30)26-27-17-10-4-1-6-13(17)7-5-11-19(27)28/h1-4,6,8-10,12H,5,7,11H2,(H,26,30)(H2,23,24,25,29). The summed E-state index contributed by atoms with van der Waals surface area (Å²) in [5.41, 5.74) is 4.66. The molecule has 3 aromatic rings. The van der Waals surface area contributed by atoms with Gasteiger partial charge in [-0.05, 0) is 36.6 Å². The van der Waals surface area contributed by atoms with Crippen LogP contribution in [0, 0.1) is 0 Å². The smallest absolute Gasteiger partial charge is 0.288 e. The Bertz CT molecular complexity index is 1130. The number of hydrogen-bond donors (Lipinski definition) is 3. The van der Waals surface area contributed by atoms with Crippen molar-refractivity contribution in [2.24, 2.45) is 0 Å². The molecule has 152 valence electrons. The fourth-order valence-corrected chi connectivity index (χ4v) is 3.45. The minimum absolute atomic E-state index is 0.0963. The van der Waals surface area contributed by atoms with Crippen molar-refractivity contribution in [3.63, 3.8) is 0 Å². The van der Waals surface area contributed by atoms with E-state index >= 15 is 0 Å². The van der Waals surface area contributed by atoms with Gasteiger partial charge in [0.1, 0.15) is 5.69 Å². The summed E-state index contributed by atoms with van der Waals surface area (Å²) in [6.07, 6.45) is 1.80. The predicted octanol–water partition coefficient (Wildman–Crippen LogP) is 3.33. The zero-order valence-corrected chi connectivity index (χ0v) is 16.6. The van der Waals surface area contributed by atoms with Crippen molar-refractivity contribution in [3.8, 4) is 0 Å². The number of fused-ring (bicyclic) bond motifs is 1. The van der Waals surface area contributed by atoms with Gasteiger partial charge in [-0.25, -0.2) is 5.01 Å². The van der Waals surface area contributed by atoms with Gasteiger partial charge in [-0.1, -0.05) is 41.9 Å². The molecule has 3 amide bonds. The third-order valence-electron chi connectivity index (χ3n) is 4.71. The lowest BCUT2D eigenvalue weighted by Crippen LogP contribution is -2.46. The molecule has 0 fully saturated rings. The van der Waals surface area contributed by atoms with E-state index < -0.39 is 11.8 Å². The Morgan fingerprint density at radius 1 is 1.03 bits per heavy atom. The fraction of sp³-hybridized carbons (Fsp3) is 0.143. The first-order valence-electron chi connectivity index (χ1n) is 9.36. The molecule has 0 unspecified atom stereocenters. The normalized spacial score (nSPS) is 13.4. The maximum atomic E-state index is 12.7. The van der Waals surface area contributed by atoms with Gasteiger partial charge in [-0.3, -0.25) is 24.9 Å². The summed E-state index contributed by atoms with van der Waals surface area (Å²) >= 11 is 6.03. The van der Waals surface area contributed by atoms with Crippen LogP contribution in [0.5, 0.6) is 0 Å². The van der Waals surface area contributed by atoms with Gasteiger partial charge in [0.05, 0.1) is 16.3 Å². The number of nitrogens with one attached hydrogen (secondary N) is 3. The molecule has 0 saturated carbocycles. The second-order valence-corrected chi connectivity index (χ2v) is 7.16. The highest BCUT2D eigenvalue weighted by molar-refractivity contribution is 6.34. The fourth-order valence-electron chi connectivity index (χ4n) is 3.23. The van der Waals surface area contributed by atoms with Gasteiger partial charge >= 0.3 is 0 Å². The Balaban J connectivity index is 1.49. The number of anilines is 2. The predicted molar refractivity (Wildman–Crippen MR) is 112 cm³/mol. The number of rotatable bonds is 4. The Kier molecular flexibility index (Phi) is 5.49. The summed E-state index contributed by atoms with van der Waals surface area (Å²) in [5.74, 6) is -1.03. The Labute approximate surface area is 177 Å². The second kappa shape index (κ2) is 8.38. The van der Waals surface area contributed by atoms with Crippen molar-refractivity contribution >= 4 is 40.8 Å². The minimum Gasteiger partial charge on any atom is -0.305 e. The number of halogens is 1. The number of carbonyl (C=O) groups is 3. The third kappa shape index (κ3) is 4.04. The van der Waals surface area contributed by atoms with Crippen LogP contribution in [0.4, 0.5) is 11.5 Å². The largest absolute Gasteiger partial charge is 0.305 e. The SMILES string of the molecule is O=C(NN1C(=O)CCCc2ccccc21)c1cc(NC(=O)c2ccccc2Cl)n[nH]1. The molecule has 0 bridgehead atoms. The van der Waals surface area contributed by atoms with E-state index in [2.05, 4.69) is 20.9 Å². The van der Waals surface area contributed by atoms with Crippen molar-refractivity contribution in [3.05, 3.63) is 76.4 Å². The van der Waals surface area contributed by atoms with Crippen LogP contribution in [0.25, 0.3) is 0 Å². The number of hydrazine groups is 1. The molecule has 2 heterocycles. The summed E-state index contributed by atoms with van der Waals surface area (Å²) in [7, 11) is 0. The lowest BCUT2D eigenvalue weighted by Gasteiger charge is -2.23. The second-order valence-electron chi connectivity index (χ2n) is 6.75. The number of benzene rings is 2. The molecule has 8 nitrogen and oxygen atoms in total. The number of amides is 3. The number of H-pyrrole nitrogens is 1. The number of hydrogen-bond acceptors (Lipinski definition) is 4. The maximum absolute atomic E-state index is 12.7. The quantitative estimate of drug-likeness (QED) is 0.598. The van der Waals surface area contributed by atoms with Crippen LogP contribution in [0.1, 0.15) is 39.3 Å². The highest BCUT2D eigenvalue weighted by Crippen LogP contribution is 2.25. The van der Waals surface area contributed by atoms with Gasteiger partial charge in [0.15, 0.2) is 5.82 Å². The highest BCUT2D eigenvalue weighted by Gasteiger charge is 2.25. The van der Waals surface area contributed by atoms with Crippen LogP contribution >= 0.6 is 11.6 Å². The van der Waals surface area contributed by atoms with Gasteiger partial charge < -0.3 is 5.32 Å². The van der Waals surface area contributed by atoms with E-state index in [-0.39, 0.29) is 17.4 Å². The molecule has 30 heavy (non-hydrogen) atoms. The lowest BCUT2D eigenvalue weighted by molar-refractivity contribution is -0.119. The minimum atomic E-state index is -0.550. The van der Waals surface area contributed by atoms with E-state index in [1.165, 1.54) is 11.1 Å². The summed E-state index contributed by atoms with van der Waals surface area (Å²) in [6.45, 7) is 0. The van der Waals surface area contributed by atoms with Gasteiger partial charge in [0.2, 0.25) is 5.91 Å². The number of para-hydroxylation sites is 1. The molecular weight excluding hydrogens is 406 g/mol. The third-order valence-corrected chi connectivity index (χ3v) is 5.04. The molecule has 2 aromatic carbocycles. The monoisotopic (exact) mass is 423 g/mol. The van der Waals surface area contributed by atoms with Crippen LogP contribution in [0.2, 0.25) is 5.02 Å². The number of nitrogens with zero attached hydrogens (tertiary/aromatic N) is 2. The average Bonchev–Trinajstić information content (AvgIpc) is 3.15. The number of aromatic amines is 1. The van der Waals surface area contributed by atoms with Crippen molar-refractivity contribution in [2.75, 3.05) is 10.3 Å². The Hall–Kier alpha value is -3.65. The Morgan fingerprint density at radius 2 is 1.80 bits per heavy atom. The molecule has 0 radical (unpaired) electrons. The van der Waals surface area contributed by atoms with Crippen LogP contribution < -0.4 is 15.8 Å². The van der Waals surface area contributed by atoms with E-state index in [1.54, 1.807) is 30.3 Å². The molecule has 9 heteroatoms. The van der Waals surface area contributed by atoms with Crippen molar-refractivity contribution < 1.29 is 14.4 Å². The van der Waals surface area contributed by atoms with Crippen LogP contribution in [-0.4, -0.2) is 27.9 Å². The van der Waals surface area contributed by atoms with Crippen LogP contribution in [-0.2, 0) is 11.2 Å². The van der Waals surface area contributed by atoms with Crippen molar-refractivity contribution in [1.82, 2.24) is 15.6 Å². The van der Waals surface area contributed by atoms with Gasteiger partial charge in [0, 0.05) is 12.5 Å². The lowest BCUT2D eigenvalue weighted by atomic mass is 10.1. The van der Waals surface area contributed by atoms with Gasteiger partial charge in [-0.2, -0.15) is 5.10 Å². The summed E-state index contributed by atoms with van der Waals surface area (Å²) < 4.78 is 0. The Morgan fingerprint density at radius 3 is 2.63 bits per heavy atom. The molecule has 0 spiro atoms. The molecule has 0 atom stereocenters. The highest BCUT2D eigenvalue weighted by atomic mass is 35.5. The van der Waals surface area contributed by atoms with E-state index in [1.807, 2.05) is 18.2 Å². The van der Waals surface area contributed by atoms with Gasteiger partial charge in [-0.15, -0.1) is 0 Å². The average molecular weight is 424 g/mol. The van der Waals surface area contributed by atoms with E-state index in [9.17, 15) is 14.4 Å². The number of aromatic nitrogens is 2. The zero-order chi connectivity index (χ0) is 21.1. The molecule has 1 aromatic heterocycles. The number of aryl methyl sites for hydroxylation is 1. The van der Waals surface area contributed by atoms with Crippen LogP contribution in [0.3, 0.4) is 0 Å². The van der Waals surface area contributed by atoms with Crippen LogP contribution in [0.15, 0.2) is 54.6 Å². The van der Waals surface area contributed by atoms with Gasteiger partial charge in [0.25, 0.3) is 11.8 Å². The summed E-state index contributed by atoms with van der Waals surface area (Å²) in [4.78, 5) is 37.5. The number of carbonyl (C=O) groups excluding carboxylic acids is 3. The molecule has 0 aliphatic carbocycles. The molecule has 4 rings (SSSR count). The first-order valence-corrected chi connectivity index (χ1v) is 9.74. The first kappa shape index (κ1) is 19.7. The molecule has 1 aliphatic heterocycles. The van der Waals surface area contributed by atoms with E-state index in [4.69, 9.17) is 11.6 Å². The van der Waals surface area contributed by atoms with Crippen molar-refractivity contribution in [2.45, 2.75) is 19.3 Å². The molecular formula is C21H18ClN5O3. The molecule has 3 N–H and O–H groups in total. The van der Waals surface area contributed by atoms with Crippen molar-refractivity contribution in [1.29, 1.82) is 0 Å². The first-order chi connectivity index (χ1) is 14.5. The maximum Gasteiger partial charge on any atom is 0.288 e. The van der Waals surface area contributed by atoms with E-state index in [0.717, 1.165) is 12.0 Å². The molecule has 1 aliphatic rings. The zero-order valence-electron chi connectivity index (χ0n) is 15.8. The molecule has 0 saturated heterocycles. The summed E-state index contributed by atoms with van der Waals surface area (Å²) in [5, 5.41) is 10.7. The van der Waals surface area contributed by atoms with E-state index in [0.29, 0.717) is 29.1 Å². The topological polar surface area (TPSA) is 107 Å².